The minimum atomic E-state index is -4.53. The van der Waals surface area contributed by atoms with Crippen LogP contribution in [0.15, 0.2) is 41.3 Å². The van der Waals surface area contributed by atoms with Crippen LogP contribution in [0.3, 0.4) is 0 Å². The Hall–Kier alpha value is -2.17. The maximum atomic E-state index is 13.6. The van der Waals surface area contributed by atoms with Crippen LogP contribution in [0.25, 0.3) is 0 Å². The Morgan fingerprint density at radius 3 is 2.24 bits per heavy atom. The molecule has 0 aromatic heterocycles. The summed E-state index contributed by atoms with van der Waals surface area (Å²) in [7, 11) is -4.53. The Morgan fingerprint density at radius 1 is 1.10 bits per heavy atom. The first-order valence-corrected chi connectivity index (χ1v) is 7.38. The molecule has 4 nitrogen and oxygen atoms in total. The fraction of sp³-hybridized carbons (Fsp3) is 0. The lowest BCUT2D eigenvalue weighted by Gasteiger charge is -2.11. The Bertz CT molecular complexity index is 827. The number of hydrogen-bond donors (Lipinski definition) is 1. The average molecular weight is 329 g/mol. The van der Waals surface area contributed by atoms with Gasteiger partial charge in [0, 0.05) is 0 Å². The number of nitrogens with zero attached hydrogens (tertiary/aromatic N) is 1. The Morgan fingerprint density at radius 2 is 1.67 bits per heavy atom. The van der Waals surface area contributed by atoms with Gasteiger partial charge in [-0.1, -0.05) is 23.7 Å². The highest BCUT2D eigenvalue weighted by Crippen LogP contribution is 2.27. The highest BCUT2D eigenvalue weighted by atomic mass is 35.5. The van der Waals surface area contributed by atoms with Crippen LogP contribution in [0.4, 0.5) is 14.5 Å². The molecule has 1 N–H and O–H groups in total. The van der Waals surface area contributed by atoms with Crippen molar-refractivity contribution >= 4 is 27.3 Å². The van der Waals surface area contributed by atoms with Gasteiger partial charge in [0.2, 0.25) is 0 Å². The van der Waals surface area contributed by atoms with Crippen molar-refractivity contribution in [3.8, 4) is 6.07 Å². The number of anilines is 1. The molecule has 0 radical (unpaired) electrons. The van der Waals surface area contributed by atoms with Gasteiger partial charge in [-0.05, 0) is 24.3 Å². The molecule has 0 bridgehead atoms. The first-order chi connectivity index (χ1) is 9.86. The fourth-order valence-corrected chi connectivity index (χ4v) is 3.09. The first kappa shape index (κ1) is 15.2. The van der Waals surface area contributed by atoms with Crippen molar-refractivity contribution in [3.05, 3.63) is 58.6 Å². The van der Waals surface area contributed by atoms with E-state index in [9.17, 15) is 17.2 Å². The largest absolute Gasteiger partial charge is 0.278 e. The number of benzene rings is 2. The third-order valence-electron chi connectivity index (χ3n) is 2.56. The summed E-state index contributed by atoms with van der Waals surface area (Å²) in [5.41, 5.74) is -0.299. The predicted octanol–water partition coefficient (Wildman–Crippen LogP) is 3.29. The summed E-state index contributed by atoms with van der Waals surface area (Å²) < 4.78 is 53.2. The van der Waals surface area contributed by atoms with Crippen LogP contribution >= 0.6 is 11.6 Å². The van der Waals surface area contributed by atoms with Crippen LogP contribution in [-0.2, 0) is 10.0 Å². The van der Waals surface area contributed by atoms with E-state index in [1.165, 1.54) is 18.2 Å². The molecular weight excluding hydrogens is 322 g/mol. The van der Waals surface area contributed by atoms with Gasteiger partial charge in [0.05, 0.1) is 16.3 Å². The molecule has 0 unspecified atom stereocenters. The van der Waals surface area contributed by atoms with Crippen LogP contribution in [0, 0.1) is 23.0 Å². The molecule has 0 saturated carbocycles. The van der Waals surface area contributed by atoms with Gasteiger partial charge in [-0.3, -0.25) is 4.72 Å². The molecule has 0 fully saturated rings. The summed E-state index contributed by atoms with van der Waals surface area (Å²) in [6.45, 7) is 0. The second-order valence-corrected chi connectivity index (χ2v) is 5.96. The van der Waals surface area contributed by atoms with Gasteiger partial charge in [-0.15, -0.1) is 0 Å². The molecule has 0 aliphatic rings. The smallest absolute Gasteiger partial charge is 0.267 e. The van der Waals surface area contributed by atoms with Crippen molar-refractivity contribution in [2.75, 3.05) is 4.72 Å². The summed E-state index contributed by atoms with van der Waals surface area (Å²) in [4.78, 5) is -1.12. The molecule has 0 aliphatic heterocycles. The number of halogens is 3. The third-order valence-corrected chi connectivity index (χ3v) is 4.29. The zero-order valence-electron chi connectivity index (χ0n) is 10.3. The van der Waals surface area contributed by atoms with E-state index in [0.29, 0.717) is 0 Å². The van der Waals surface area contributed by atoms with Gasteiger partial charge in [0.1, 0.15) is 17.7 Å². The number of rotatable bonds is 3. The van der Waals surface area contributed by atoms with Crippen molar-refractivity contribution in [2.24, 2.45) is 0 Å². The molecule has 2 aromatic rings. The molecule has 0 saturated heterocycles. The average Bonchev–Trinajstić information content (AvgIpc) is 2.38. The summed E-state index contributed by atoms with van der Waals surface area (Å²) in [5.74, 6) is -2.47. The molecule has 2 aromatic carbocycles. The lowest BCUT2D eigenvalue weighted by atomic mass is 10.2. The highest BCUT2D eigenvalue weighted by Gasteiger charge is 2.25. The molecule has 2 rings (SSSR count). The Balaban J connectivity index is 2.54. The molecular formula is C13H7ClF2N2O2S. The lowest BCUT2D eigenvalue weighted by molar-refractivity contribution is 0.521. The first-order valence-electron chi connectivity index (χ1n) is 5.52. The van der Waals surface area contributed by atoms with E-state index in [4.69, 9.17) is 16.9 Å². The summed E-state index contributed by atoms with van der Waals surface area (Å²) in [6, 6.07) is 8.46. The van der Waals surface area contributed by atoms with E-state index < -0.39 is 26.6 Å². The minimum Gasteiger partial charge on any atom is -0.278 e. The van der Waals surface area contributed by atoms with E-state index in [1.807, 2.05) is 4.72 Å². The van der Waals surface area contributed by atoms with Gasteiger partial charge < -0.3 is 0 Å². The van der Waals surface area contributed by atoms with Crippen LogP contribution < -0.4 is 4.72 Å². The molecule has 0 amide bonds. The molecule has 0 spiro atoms. The molecule has 21 heavy (non-hydrogen) atoms. The quantitative estimate of drug-likeness (QED) is 0.939. The zero-order valence-corrected chi connectivity index (χ0v) is 11.8. The van der Waals surface area contributed by atoms with Gasteiger partial charge in [-0.2, -0.15) is 5.26 Å². The maximum Gasteiger partial charge on any atom is 0.267 e. The van der Waals surface area contributed by atoms with Crippen molar-refractivity contribution in [2.45, 2.75) is 4.90 Å². The molecule has 108 valence electrons. The van der Waals surface area contributed by atoms with E-state index in [-0.39, 0.29) is 16.3 Å². The van der Waals surface area contributed by atoms with Crippen molar-refractivity contribution in [1.82, 2.24) is 0 Å². The topological polar surface area (TPSA) is 70.0 Å². The molecule has 8 heteroatoms. The molecule has 0 atom stereocenters. The number of sulfonamides is 1. The van der Waals surface area contributed by atoms with E-state index in [1.54, 1.807) is 6.07 Å². The number of hydrogen-bond acceptors (Lipinski definition) is 3. The number of nitriles is 1. The standard InChI is InChI=1S/C13H7ClF2N2O2S/c14-9-3-1-6-12(8(9)7-17)18-21(19,20)13-10(15)4-2-5-11(13)16/h1-6,18H. The third kappa shape index (κ3) is 2.96. The van der Waals surface area contributed by atoms with Gasteiger partial charge in [0.25, 0.3) is 10.0 Å². The van der Waals surface area contributed by atoms with Gasteiger partial charge >= 0.3 is 0 Å². The van der Waals surface area contributed by atoms with Crippen molar-refractivity contribution in [3.63, 3.8) is 0 Å². The lowest BCUT2D eigenvalue weighted by Crippen LogP contribution is -2.17. The van der Waals surface area contributed by atoms with E-state index in [2.05, 4.69) is 0 Å². The van der Waals surface area contributed by atoms with Crippen LogP contribution in [0.2, 0.25) is 5.02 Å². The van der Waals surface area contributed by atoms with E-state index in [0.717, 1.165) is 18.2 Å². The van der Waals surface area contributed by atoms with Gasteiger partial charge in [-0.25, -0.2) is 17.2 Å². The zero-order chi connectivity index (χ0) is 15.6. The van der Waals surface area contributed by atoms with Crippen LogP contribution in [0.5, 0.6) is 0 Å². The Labute approximate surface area is 124 Å². The molecule has 0 aliphatic carbocycles. The molecule has 0 heterocycles. The second-order valence-electron chi connectivity index (χ2n) is 3.93. The highest BCUT2D eigenvalue weighted by molar-refractivity contribution is 7.92. The number of nitrogens with one attached hydrogen (secondary N) is 1. The summed E-state index contributed by atoms with van der Waals surface area (Å²) in [5, 5.41) is 8.98. The predicted molar refractivity (Wildman–Crippen MR) is 73.3 cm³/mol. The van der Waals surface area contributed by atoms with Crippen LogP contribution in [-0.4, -0.2) is 8.42 Å². The monoisotopic (exact) mass is 328 g/mol. The normalized spacial score (nSPS) is 11.0. The fourth-order valence-electron chi connectivity index (χ4n) is 1.66. The second kappa shape index (κ2) is 5.68. The minimum absolute atomic E-state index is 0.0201. The SMILES string of the molecule is N#Cc1c(Cl)cccc1NS(=O)(=O)c1c(F)cccc1F. The maximum absolute atomic E-state index is 13.6. The van der Waals surface area contributed by atoms with E-state index >= 15 is 0 Å². The summed E-state index contributed by atoms with van der Waals surface area (Å²) in [6.07, 6.45) is 0. The summed E-state index contributed by atoms with van der Waals surface area (Å²) >= 11 is 5.76. The van der Waals surface area contributed by atoms with Crippen molar-refractivity contribution in [1.29, 1.82) is 5.26 Å². The van der Waals surface area contributed by atoms with Crippen molar-refractivity contribution < 1.29 is 17.2 Å². The van der Waals surface area contributed by atoms with Crippen LogP contribution in [0.1, 0.15) is 5.56 Å². The Kier molecular flexibility index (Phi) is 4.11. The van der Waals surface area contributed by atoms with Gasteiger partial charge in [0.15, 0.2) is 4.90 Å².